The fourth-order valence-corrected chi connectivity index (χ4v) is 3.59. The molecule has 0 saturated heterocycles. The SMILES string of the molecule is COc1cc(C)c(NC(=O)Cn2cc(C(=O)c3ccco3)c3ccccc32)cc1C. The molecule has 2 aromatic heterocycles. The maximum Gasteiger partial charge on any atom is 0.244 e. The number of amides is 1. The molecule has 0 saturated carbocycles. The predicted octanol–water partition coefficient (Wildman–Crippen LogP) is 4.73. The number of carbonyl (C=O) groups excluding carboxylic acids is 2. The summed E-state index contributed by atoms with van der Waals surface area (Å²) in [6.07, 6.45) is 3.18. The van der Waals surface area contributed by atoms with Crippen molar-refractivity contribution in [1.29, 1.82) is 0 Å². The van der Waals surface area contributed by atoms with Gasteiger partial charge in [0.1, 0.15) is 12.3 Å². The lowest BCUT2D eigenvalue weighted by Crippen LogP contribution is -2.19. The number of ketones is 1. The largest absolute Gasteiger partial charge is 0.496 e. The number of nitrogens with one attached hydrogen (secondary N) is 1. The van der Waals surface area contributed by atoms with E-state index in [1.807, 2.05) is 50.2 Å². The molecule has 0 spiro atoms. The normalized spacial score (nSPS) is 10.9. The third-order valence-electron chi connectivity index (χ3n) is 5.11. The van der Waals surface area contributed by atoms with Gasteiger partial charge in [-0.15, -0.1) is 0 Å². The molecule has 0 fully saturated rings. The molecule has 2 heterocycles. The lowest BCUT2D eigenvalue weighted by Gasteiger charge is -2.13. The lowest BCUT2D eigenvalue weighted by molar-refractivity contribution is -0.116. The van der Waals surface area contributed by atoms with E-state index in [1.54, 1.807) is 30.0 Å². The molecule has 0 aliphatic heterocycles. The number of aromatic nitrogens is 1. The van der Waals surface area contributed by atoms with Gasteiger partial charge < -0.3 is 19.0 Å². The maximum atomic E-state index is 12.8. The number of furan rings is 1. The molecule has 152 valence electrons. The minimum absolute atomic E-state index is 0.0798. The highest BCUT2D eigenvalue weighted by molar-refractivity contribution is 6.15. The summed E-state index contributed by atoms with van der Waals surface area (Å²) in [5.41, 5.74) is 3.91. The summed E-state index contributed by atoms with van der Waals surface area (Å²) in [6, 6.07) is 14.6. The average Bonchev–Trinajstić information content (AvgIpc) is 3.39. The van der Waals surface area contributed by atoms with Crippen molar-refractivity contribution < 1.29 is 18.7 Å². The van der Waals surface area contributed by atoms with Crippen LogP contribution in [0.2, 0.25) is 0 Å². The van der Waals surface area contributed by atoms with Gasteiger partial charge in [-0.2, -0.15) is 0 Å². The first kappa shape index (κ1) is 19.5. The van der Waals surface area contributed by atoms with E-state index in [1.165, 1.54) is 6.26 Å². The van der Waals surface area contributed by atoms with Crippen LogP contribution in [0.3, 0.4) is 0 Å². The van der Waals surface area contributed by atoms with Crippen LogP contribution in [0.15, 0.2) is 65.4 Å². The Morgan fingerprint density at radius 3 is 2.60 bits per heavy atom. The van der Waals surface area contributed by atoms with Gasteiger partial charge >= 0.3 is 0 Å². The molecule has 4 aromatic rings. The summed E-state index contributed by atoms with van der Waals surface area (Å²) in [5.74, 6) is 0.659. The molecule has 0 atom stereocenters. The summed E-state index contributed by atoms with van der Waals surface area (Å²) in [5, 5.41) is 3.74. The van der Waals surface area contributed by atoms with Crippen LogP contribution < -0.4 is 10.1 Å². The Hall–Kier alpha value is -3.80. The minimum atomic E-state index is -0.211. The Kier molecular flexibility index (Phi) is 5.14. The van der Waals surface area contributed by atoms with Crippen LogP contribution in [0, 0.1) is 13.8 Å². The first-order chi connectivity index (χ1) is 14.5. The van der Waals surface area contributed by atoms with Crippen molar-refractivity contribution in [2.45, 2.75) is 20.4 Å². The van der Waals surface area contributed by atoms with E-state index in [-0.39, 0.29) is 24.0 Å². The van der Waals surface area contributed by atoms with E-state index in [0.717, 1.165) is 33.5 Å². The fraction of sp³-hybridized carbons (Fsp3) is 0.167. The second-order valence-corrected chi connectivity index (χ2v) is 7.18. The summed E-state index contributed by atoms with van der Waals surface area (Å²) in [7, 11) is 1.62. The number of methoxy groups -OCH3 is 1. The summed E-state index contributed by atoms with van der Waals surface area (Å²) >= 11 is 0. The number of para-hydroxylation sites is 1. The van der Waals surface area contributed by atoms with Gasteiger partial charge in [0.15, 0.2) is 5.76 Å². The average molecular weight is 402 g/mol. The molecule has 2 aromatic carbocycles. The van der Waals surface area contributed by atoms with E-state index in [0.29, 0.717) is 5.56 Å². The van der Waals surface area contributed by atoms with Crippen LogP contribution in [0.1, 0.15) is 27.2 Å². The van der Waals surface area contributed by atoms with Crippen molar-refractivity contribution >= 4 is 28.3 Å². The highest BCUT2D eigenvalue weighted by Crippen LogP contribution is 2.27. The number of nitrogens with zero attached hydrogens (tertiary/aromatic N) is 1. The number of anilines is 1. The van der Waals surface area contributed by atoms with Gasteiger partial charge in [-0.05, 0) is 55.3 Å². The molecule has 6 nitrogen and oxygen atoms in total. The van der Waals surface area contributed by atoms with Crippen LogP contribution in [0.25, 0.3) is 10.9 Å². The Morgan fingerprint density at radius 2 is 1.87 bits per heavy atom. The number of rotatable bonds is 6. The van der Waals surface area contributed by atoms with E-state index in [9.17, 15) is 9.59 Å². The third kappa shape index (κ3) is 3.59. The Balaban J connectivity index is 1.62. The molecule has 0 bridgehead atoms. The van der Waals surface area contributed by atoms with E-state index < -0.39 is 0 Å². The zero-order valence-corrected chi connectivity index (χ0v) is 17.1. The van der Waals surface area contributed by atoms with Crippen LogP contribution in [0.5, 0.6) is 5.75 Å². The summed E-state index contributed by atoms with van der Waals surface area (Å²) in [4.78, 5) is 25.6. The summed E-state index contributed by atoms with van der Waals surface area (Å²) < 4.78 is 12.4. The number of hydrogen-bond donors (Lipinski definition) is 1. The van der Waals surface area contributed by atoms with Gasteiger partial charge in [0.25, 0.3) is 0 Å². The van der Waals surface area contributed by atoms with Crippen LogP contribution in [-0.2, 0) is 11.3 Å². The molecule has 30 heavy (non-hydrogen) atoms. The van der Waals surface area contributed by atoms with Crippen molar-refractivity contribution in [3.05, 3.63) is 83.4 Å². The Morgan fingerprint density at radius 1 is 1.07 bits per heavy atom. The molecular weight excluding hydrogens is 380 g/mol. The second-order valence-electron chi connectivity index (χ2n) is 7.18. The molecule has 6 heteroatoms. The molecule has 0 aliphatic carbocycles. The molecule has 0 aliphatic rings. The highest BCUT2D eigenvalue weighted by Gasteiger charge is 2.19. The quantitative estimate of drug-likeness (QED) is 0.473. The number of hydrogen-bond acceptors (Lipinski definition) is 4. The van der Waals surface area contributed by atoms with Crippen LogP contribution >= 0.6 is 0 Å². The smallest absolute Gasteiger partial charge is 0.244 e. The fourth-order valence-electron chi connectivity index (χ4n) is 3.59. The van der Waals surface area contributed by atoms with E-state index in [2.05, 4.69) is 5.32 Å². The number of aryl methyl sites for hydroxylation is 2. The standard InChI is InChI=1S/C24H22N2O4/c1-15-12-22(29-3)16(2)11-19(15)25-23(27)14-26-13-18(17-7-4-5-8-20(17)26)24(28)21-9-6-10-30-21/h4-13H,14H2,1-3H3,(H,25,27). The van der Waals surface area contributed by atoms with Crippen molar-refractivity contribution in [2.24, 2.45) is 0 Å². The minimum Gasteiger partial charge on any atom is -0.496 e. The zero-order chi connectivity index (χ0) is 21.3. The van der Waals surface area contributed by atoms with Gasteiger partial charge in [-0.25, -0.2) is 0 Å². The van der Waals surface area contributed by atoms with Gasteiger partial charge in [0, 0.05) is 22.8 Å². The molecular formula is C24H22N2O4. The van der Waals surface area contributed by atoms with Crippen molar-refractivity contribution in [3.8, 4) is 5.75 Å². The van der Waals surface area contributed by atoms with Gasteiger partial charge in [0.2, 0.25) is 11.7 Å². The Labute approximate surface area is 174 Å². The lowest BCUT2D eigenvalue weighted by atomic mass is 10.1. The van der Waals surface area contributed by atoms with Crippen molar-refractivity contribution in [1.82, 2.24) is 4.57 Å². The first-order valence-corrected chi connectivity index (χ1v) is 9.59. The zero-order valence-electron chi connectivity index (χ0n) is 17.1. The number of benzene rings is 2. The molecule has 4 rings (SSSR count). The Bertz CT molecular complexity index is 1240. The molecule has 1 amide bonds. The first-order valence-electron chi connectivity index (χ1n) is 9.59. The second kappa shape index (κ2) is 7.91. The van der Waals surface area contributed by atoms with Crippen LogP contribution in [-0.4, -0.2) is 23.4 Å². The highest BCUT2D eigenvalue weighted by atomic mass is 16.5. The van der Waals surface area contributed by atoms with E-state index >= 15 is 0 Å². The van der Waals surface area contributed by atoms with Crippen molar-refractivity contribution in [2.75, 3.05) is 12.4 Å². The molecule has 0 unspecified atom stereocenters. The number of carbonyl (C=O) groups is 2. The van der Waals surface area contributed by atoms with Gasteiger partial charge in [-0.3, -0.25) is 9.59 Å². The summed E-state index contributed by atoms with van der Waals surface area (Å²) in [6.45, 7) is 3.93. The predicted molar refractivity (Wildman–Crippen MR) is 115 cm³/mol. The third-order valence-corrected chi connectivity index (χ3v) is 5.11. The van der Waals surface area contributed by atoms with Gasteiger partial charge in [-0.1, -0.05) is 18.2 Å². The molecule has 0 radical (unpaired) electrons. The monoisotopic (exact) mass is 402 g/mol. The van der Waals surface area contributed by atoms with Crippen LogP contribution in [0.4, 0.5) is 5.69 Å². The number of fused-ring (bicyclic) bond motifs is 1. The van der Waals surface area contributed by atoms with Gasteiger partial charge in [0.05, 0.1) is 18.9 Å². The molecule has 1 N–H and O–H groups in total. The number of ether oxygens (including phenoxy) is 1. The van der Waals surface area contributed by atoms with Crippen molar-refractivity contribution in [3.63, 3.8) is 0 Å². The van der Waals surface area contributed by atoms with E-state index in [4.69, 9.17) is 9.15 Å². The topological polar surface area (TPSA) is 73.5 Å². The maximum absolute atomic E-state index is 12.8.